The van der Waals surface area contributed by atoms with Gasteiger partial charge in [-0.05, 0) is 13.8 Å². The zero-order chi connectivity index (χ0) is 14.9. The molecule has 2 N–H and O–H groups in total. The first-order valence-electron chi connectivity index (χ1n) is 6.49. The van der Waals surface area contributed by atoms with Crippen molar-refractivity contribution in [3.63, 3.8) is 0 Å². The molecule has 0 aromatic rings. The van der Waals surface area contributed by atoms with Crippen LogP contribution in [0.2, 0.25) is 0 Å². The van der Waals surface area contributed by atoms with Crippen LogP contribution in [0.15, 0.2) is 0 Å². The van der Waals surface area contributed by atoms with Gasteiger partial charge in [0.15, 0.2) is 0 Å². The van der Waals surface area contributed by atoms with E-state index < -0.39 is 23.6 Å². The van der Waals surface area contributed by atoms with Crippen LogP contribution in [0.3, 0.4) is 0 Å². The van der Waals surface area contributed by atoms with Crippen molar-refractivity contribution in [1.82, 2.24) is 15.1 Å². The summed E-state index contributed by atoms with van der Waals surface area (Å²) in [7, 11) is 0. The fourth-order valence-corrected chi connectivity index (χ4v) is 2.42. The fourth-order valence-electron chi connectivity index (χ4n) is 2.42. The van der Waals surface area contributed by atoms with Crippen molar-refractivity contribution in [2.45, 2.75) is 25.5 Å². The summed E-state index contributed by atoms with van der Waals surface area (Å²) in [6.45, 7) is 4.61. The maximum absolute atomic E-state index is 12.5. The van der Waals surface area contributed by atoms with Gasteiger partial charge in [-0.3, -0.25) is 9.69 Å². The van der Waals surface area contributed by atoms with E-state index >= 15 is 0 Å². The molecule has 0 saturated carbocycles. The van der Waals surface area contributed by atoms with Gasteiger partial charge in [0.2, 0.25) is 5.91 Å². The van der Waals surface area contributed by atoms with E-state index in [1.54, 1.807) is 0 Å². The average molecular weight is 285 g/mol. The lowest BCUT2D eigenvalue weighted by Gasteiger charge is -2.42. The predicted molar refractivity (Wildman–Crippen MR) is 68.1 cm³/mol. The summed E-state index contributed by atoms with van der Waals surface area (Å²) in [5.41, 5.74) is -0.468. The Morgan fingerprint density at radius 3 is 2.75 bits per heavy atom. The number of aliphatic carboxylic acids is 1. The highest BCUT2D eigenvalue weighted by atomic mass is 16.5. The number of morpholine rings is 1. The number of amides is 3. The first-order valence-corrected chi connectivity index (χ1v) is 6.49. The molecule has 0 radical (unpaired) electrons. The molecule has 1 unspecified atom stereocenters. The van der Waals surface area contributed by atoms with Crippen LogP contribution in [0.1, 0.15) is 13.8 Å². The average Bonchev–Trinajstić information content (AvgIpc) is 2.36. The molecule has 20 heavy (non-hydrogen) atoms. The predicted octanol–water partition coefficient (Wildman–Crippen LogP) is -0.898. The second-order valence-electron chi connectivity index (χ2n) is 5.60. The third-order valence-electron chi connectivity index (χ3n) is 3.41. The van der Waals surface area contributed by atoms with E-state index in [1.807, 2.05) is 13.8 Å². The third-order valence-corrected chi connectivity index (χ3v) is 3.41. The van der Waals surface area contributed by atoms with Gasteiger partial charge in [-0.1, -0.05) is 0 Å². The quantitative estimate of drug-likeness (QED) is 0.650. The molecule has 0 aromatic heterocycles. The number of ether oxygens (including phenoxy) is 1. The Hall–Kier alpha value is -1.83. The van der Waals surface area contributed by atoms with E-state index in [0.717, 1.165) is 4.90 Å². The zero-order valence-corrected chi connectivity index (χ0v) is 11.6. The SMILES string of the molecule is CC1(C)CN(C(=O)N2CC(=O)NCC2C(=O)O)CCO1. The molecule has 1 atom stereocenters. The van der Waals surface area contributed by atoms with Gasteiger partial charge >= 0.3 is 12.0 Å². The van der Waals surface area contributed by atoms with Crippen molar-refractivity contribution in [2.24, 2.45) is 0 Å². The number of carbonyl (C=O) groups is 3. The summed E-state index contributed by atoms with van der Waals surface area (Å²) in [6, 6.07) is -1.45. The monoisotopic (exact) mass is 285 g/mol. The Morgan fingerprint density at radius 2 is 2.15 bits per heavy atom. The molecule has 3 amide bonds. The molecule has 8 heteroatoms. The molecule has 112 valence electrons. The minimum Gasteiger partial charge on any atom is -0.480 e. The molecule has 2 saturated heterocycles. The van der Waals surface area contributed by atoms with Crippen molar-refractivity contribution in [2.75, 3.05) is 32.8 Å². The van der Waals surface area contributed by atoms with Gasteiger partial charge in [-0.25, -0.2) is 9.59 Å². The molecule has 2 heterocycles. The number of hydrogen-bond acceptors (Lipinski definition) is 4. The summed E-state index contributed by atoms with van der Waals surface area (Å²) in [6.07, 6.45) is 0. The Kier molecular flexibility index (Phi) is 3.85. The topological polar surface area (TPSA) is 99.2 Å². The zero-order valence-electron chi connectivity index (χ0n) is 11.6. The first kappa shape index (κ1) is 14.6. The molecule has 2 aliphatic heterocycles. The van der Waals surface area contributed by atoms with Gasteiger partial charge < -0.3 is 20.1 Å². The Morgan fingerprint density at radius 1 is 1.45 bits per heavy atom. The third kappa shape index (κ3) is 3.01. The van der Waals surface area contributed by atoms with Crippen LogP contribution < -0.4 is 5.32 Å². The Labute approximate surface area is 116 Å². The van der Waals surface area contributed by atoms with Gasteiger partial charge in [-0.15, -0.1) is 0 Å². The van der Waals surface area contributed by atoms with E-state index in [0.29, 0.717) is 19.7 Å². The molecule has 2 fully saturated rings. The van der Waals surface area contributed by atoms with Crippen molar-refractivity contribution < 1.29 is 24.2 Å². The van der Waals surface area contributed by atoms with Crippen LogP contribution >= 0.6 is 0 Å². The maximum Gasteiger partial charge on any atom is 0.328 e. The molecule has 2 aliphatic rings. The van der Waals surface area contributed by atoms with Crippen LogP contribution in [0, 0.1) is 0 Å². The van der Waals surface area contributed by atoms with E-state index in [9.17, 15) is 14.4 Å². The number of carboxylic acids is 1. The molecular weight excluding hydrogens is 266 g/mol. The molecular formula is C12H19N3O5. The van der Waals surface area contributed by atoms with Crippen LogP contribution in [0.4, 0.5) is 4.79 Å². The highest BCUT2D eigenvalue weighted by Gasteiger charge is 2.39. The summed E-state index contributed by atoms with van der Waals surface area (Å²) < 4.78 is 5.52. The summed E-state index contributed by atoms with van der Waals surface area (Å²) >= 11 is 0. The smallest absolute Gasteiger partial charge is 0.328 e. The highest BCUT2D eigenvalue weighted by Crippen LogP contribution is 2.19. The van der Waals surface area contributed by atoms with Gasteiger partial charge in [0.25, 0.3) is 0 Å². The standard InChI is InChI=1S/C12H19N3O5/c1-12(2)7-14(3-4-20-12)11(19)15-6-9(16)13-5-8(15)10(17)18/h8H,3-7H2,1-2H3,(H,13,16)(H,17,18). The van der Waals surface area contributed by atoms with Gasteiger partial charge in [0.1, 0.15) is 12.6 Å². The molecule has 0 aliphatic carbocycles. The molecule has 8 nitrogen and oxygen atoms in total. The van der Waals surface area contributed by atoms with Crippen molar-refractivity contribution in [3.8, 4) is 0 Å². The van der Waals surface area contributed by atoms with Crippen LogP contribution in [-0.2, 0) is 14.3 Å². The second kappa shape index (κ2) is 5.28. The molecule has 0 aromatic carbocycles. The Bertz CT molecular complexity index is 437. The van der Waals surface area contributed by atoms with Crippen molar-refractivity contribution >= 4 is 17.9 Å². The summed E-state index contributed by atoms with van der Waals surface area (Å²) in [5, 5.41) is 11.6. The summed E-state index contributed by atoms with van der Waals surface area (Å²) in [5.74, 6) is -1.46. The number of carbonyl (C=O) groups excluding carboxylic acids is 2. The lowest BCUT2D eigenvalue weighted by atomic mass is 10.1. The fraction of sp³-hybridized carbons (Fsp3) is 0.750. The minimum atomic E-state index is -1.12. The maximum atomic E-state index is 12.5. The molecule has 0 bridgehead atoms. The second-order valence-corrected chi connectivity index (χ2v) is 5.60. The van der Waals surface area contributed by atoms with E-state index in [4.69, 9.17) is 9.84 Å². The van der Waals surface area contributed by atoms with Gasteiger partial charge in [-0.2, -0.15) is 0 Å². The van der Waals surface area contributed by atoms with Crippen LogP contribution in [-0.4, -0.2) is 77.2 Å². The number of urea groups is 1. The molecule has 0 spiro atoms. The lowest BCUT2D eigenvalue weighted by molar-refractivity contribution is -0.145. The van der Waals surface area contributed by atoms with E-state index in [-0.39, 0.29) is 19.0 Å². The number of nitrogens with one attached hydrogen (secondary N) is 1. The van der Waals surface area contributed by atoms with E-state index in [1.165, 1.54) is 4.90 Å². The van der Waals surface area contributed by atoms with Gasteiger partial charge in [0, 0.05) is 13.1 Å². The number of hydrogen-bond donors (Lipinski definition) is 2. The van der Waals surface area contributed by atoms with E-state index in [2.05, 4.69) is 5.32 Å². The number of rotatable bonds is 1. The van der Waals surface area contributed by atoms with Gasteiger partial charge in [0.05, 0.1) is 18.8 Å². The van der Waals surface area contributed by atoms with Crippen LogP contribution in [0.25, 0.3) is 0 Å². The Balaban J connectivity index is 2.12. The van der Waals surface area contributed by atoms with Crippen LogP contribution in [0.5, 0.6) is 0 Å². The van der Waals surface area contributed by atoms with Crippen molar-refractivity contribution in [1.29, 1.82) is 0 Å². The number of carboxylic acid groups (broad SMARTS) is 1. The lowest BCUT2D eigenvalue weighted by Crippen LogP contribution is -2.63. The van der Waals surface area contributed by atoms with Crippen molar-refractivity contribution in [3.05, 3.63) is 0 Å². The first-order chi connectivity index (χ1) is 9.30. The minimum absolute atomic E-state index is 0.0619. The normalized spacial score (nSPS) is 26.1. The highest BCUT2D eigenvalue weighted by molar-refractivity contribution is 5.90. The summed E-state index contributed by atoms with van der Waals surface area (Å²) in [4.78, 5) is 37.7. The number of nitrogens with zero attached hydrogens (tertiary/aromatic N) is 2. The largest absolute Gasteiger partial charge is 0.480 e. The molecule has 2 rings (SSSR count). The number of piperazine rings is 1.